The molecule has 0 aliphatic heterocycles. The van der Waals surface area contributed by atoms with Crippen molar-refractivity contribution in [3.8, 4) is 82.8 Å². The predicted molar refractivity (Wildman–Crippen MR) is 66.1 cm³/mol. The number of rotatable bonds is 0. The zero-order valence-electron chi connectivity index (χ0n) is 8.02. The minimum Gasteiger partial charge on any atom is -0.461 e. The van der Waals surface area contributed by atoms with Crippen molar-refractivity contribution in [2.24, 2.45) is 0 Å². The van der Waals surface area contributed by atoms with Gasteiger partial charge in [0.25, 0.3) is 0 Å². The lowest BCUT2D eigenvalue weighted by Gasteiger charge is -1.56. The van der Waals surface area contributed by atoms with Crippen molar-refractivity contribution in [3.63, 3.8) is 0 Å². The summed E-state index contributed by atoms with van der Waals surface area (Å²) >= 11 is 0. The SMILES string of the molecule is OC#CC#CC#CC#CC#CC#CC#CP. The number of aliphatic hydroxyl groups is 1. The van der Waals surface area contributed by atoms with Crippen LogP contribution in [-0.4, -0.2) is 5.11 Å². The van der Waals surface area contributed by atoms with Crippen LogP contribution < -0.4 is 0 Å². The molecule has 0 aliphatic carbocycles. The topological polar surface area (TPSA) is 20.2 Å². The highest BCUT2D eigenvalue weighted by Crippen LogP contribution is 1.66. The third-order valence-electron chi connectivity index (χ3n) is 0.816. The van der Waals surface area contributed by atoms with Crippen LogP contribution >= 0.6 is 9.24 Å². The van der Waals surface area contributed by atoms with E-state index in [0.717, 1.165) is 0 Å². The molecule has 0 rings (SSSR count). The van der Waals surface area contributed by atoms with Crippen molar-refractivity contribution in [3.05, 3.63) is 0 Å². The molecule has 0 saturated heterocycles. The average molecular weight is 218 g/mol. The van der Waals surface area contributed by atoms with Gasteiger partial charge < -0.3 is 5.11 Å². The highest BCUT2D eigenvalue weighted by Gasteiger charge is 1.56. The first-order valence-corrected chi connectivity index (χ1v) is 4.34. The van der Waals surface area contributed by atoms with Crippen LogP contribution in [0.15, 0.2) is 0 Å². The van der Waals surface area contributed by atoms with Gasteiger partial charge in [-0.15, -0.1) is 0 Å². The Bertz CT molecular complexity index is 604. The molecule has 70 valence electrons. The zero-order chi connectivity index (χ0) is 11.9. The van der Waals surface area contributed by atoms with Crippen LogP contribution in [0.2, 0.25) is 0 Å². The van der Waals surface area contributed by atoms with Crippen molar-refractivity contribution in [2.45, 2.75) is 0 Å². The summed E-state index contributed by atoms with van der Waals surface area (Å²) in [5.74, 6) is 28.9. The van der Waals surface area contributed by atoms with E-state index >= 15 is 0 Å². The van der Waals surface area contributed by atoms with Crippen LogP contribution in [0.4, 0.5) is 0 Å². The fourth-order valence-electron chi connectivity index (χ4n) is 0.377. The molecular weight excluding hydrogens is 215 g/mol. The van der Waals surface area contributed by atoms with Crippen molar-refractivity contribution < 1.29 is 5.11 Å². The zero-order valence-corrected chi connectivity index (χ0v) is 9.18. The second kappa shape index (κ2) is 12.1. The summed E-state index contributed by atoms with van der Waals surface area (Å²) in [6.07, 6.45) is 1.63. The highest BCUT2D eigenvalue weighted by atomic mass is 31.0. The Morgan fingerprint density at radius 1 is 0.500 bits per heavy atom. The Morgan fingerprint density at radius 3 is 1.12 bits per heavy atom. The number of hydrogen-bond acceptors (Lipinski definition) is 1. The number of aliphatic hydroxyl groups excluding tert-OH is 1. The first kappa shape index (κ1) is 13.1. The first-order valence-electron chi connectivity index (χ1n) is 3.76. The van der Waals surface area contributed by atoms with E-state index in [1.165, 1.54) is 0 Å². The Morgan fingerprint density at radius 2 is 0.812 bits per heavy atom. The molecule has 0 aromatic rings. The predicted octanol–water partition coefficient (Wildman–Crippen LogP) is 0.173. The summed E-state index contributed by atoms with van der Waals surface area (Å²) in [6.45, 7) is 0. The maximum Gasteiger partial charge on any atom is 0.122 e. The van der Waals surface area contributed by atoms with Crippen molar-refractivity contribution >= 4 is 9.24 Å². The second-order valence-electron chi connectivity index (χ2n) is 1.76. The lowest BCUT2D eigenvalue weighted by atomic mass is 10.5. The third kappa shape index (κ3) is 11.1. The van der Waals surface area contributed by atoms with Crippen LogP contribution in [0.1, 0.15) is 0 Å². The van der Waals surface area contributed by atoms with Gasteiger partial charge in [-0.2, -0.15) is 0 Å². The Hall–Kier alpha value is -2.85. The van der Waals surface area contributed by atoms with Gasteiger partial charge in [0.15, 0.2) is 0 Å². The van der Waals surface area contributed by atoms with Crippen LogP contribution in [0.25, 0.3) is 0 Å². The minimum absolute atomic E-state index is 1.63. The van der Waals surface area contributed by atoms with E-state index < -0.39 is 0 Å². The molecule has 16 heavy (non-hydrogen) atoms. The molecule has 1 unspecified atom stereocenters. The molecule has 1 nitrogen and oxygen atoms in total. The molecule has 0 saturated carbocycles. The van der Waals surface area contributed by atoms with Crippen LogP contribution in [0.3, 0.4) is 0 Å². The van der Waals surface area contributed by atoms with E-state index in [0.29, 0.717) is 0 Å². The third-order valence-corrected chi connectivity index (χ3v) is 0.960. The molecular formula is C14H3OP. The van der Waals surface area contributed by atoms with Gasteiger partial charge in [0, 0.05) is 35.5 Å². The summed E-state index contributed by atoms with van der Waals surface area (Å²) < 4.78 is 0. The Kier molecular flexibility index (Phi) is 9.99. The molecule has 0 spiro atoms. The average Bonchev–Trinajstić information content (AvgIpc) is 2.31. The van der Waals surface area contributed by atoms with Gasteiger partial charge in [-0.3, -0.25) is 0 Å². The van der Waals surface area contributed by atoms with E-state index in [2.05, 4.69) is 85.9 Å². The summed E-state index contributed by atoms with van der Waals surface area (Å²) in [7, 11) is 2.22. The fraction of sp³-hybridized carbons (Fsp3) is 0. The van der Waals surface area contributed by atoms with Gasteiger partial charge in [0.1, 0.15) is 6.11 Å². The molecule has 0 aromatic carbocycles. The Labute approximate surface area is 97.6 Å². The minimum atomic E-state index is 1.63. The molecule has 0 fully saturated rings. The van der Waals surface area contributed by atoms with E-state index in [1.807, 2.05) is 0 Å². The summed E-state index contributed by atoms with van der Waals surface area (Å²) in [6, 6.07) is 0. The van der Waals surface area contributed by atoms with Crippen molar-refractivity contribution in [1.29, 1.82) is 0 Å². The molecule has 1 N–H and O–H groups in total. The van der Waals surface area contributed by atoms with Gasteiger partial charge in [0.05, 0.1) is 0 Å². The molecule has 0 heterocycles. The molecule has 0 radical (unpaired) electrons. The highest BCUT2D eigenvalue weighted by molar-refractivity contribution is 7.23. The maximum absolute atomic E-state index is 8.05. The van der Waals surface area contributed by atoms with Crippen molar-refractivity contribution in [2.75, 3.05) is 0 Å². The maximum atomic E-state index is 8.05. The van der Waals surface area contributed by atoms with Crippen LogP contribution in [0.5, 0.6) is 0 Å². The van der Waals surface area contributed by atoms with Crippen molar-refractivity contribution in [1.82, 2.24) is 0 Å². The molecule has 1 atom stereocenters. The normalized spacial score (nSPS) is 3.81. The molecule has 0 bridgehead atoms. The van der Waals surface area contributed by atoms with Gasteiger partial charge in [-0.1, -0.05) is 14.9 Å². The van der Waals surface area contributed by atoms with Crippen LogP contribution in [0, 0.1) is 82.8 Å². The summed E-state index contributed by atoms with van der Waals surface area (Å²) in [5, 5.41) is 8.05. The molecule has 0 aromatic heterocycles. The van der Waals surface area contributed by atoms with E-state index in [-0.39, 0.29) is 0 Å². The van der Waals surface area contributed by atoms with Gasteiger partial charge >= 0.3 is 0 Å². The van der Waals surface area contributed by atoms with E-state index in [9.17, 15) is 0 Å². The summed E-state index contributed by atoms with van der Waals surface area (Å²) in [5.41, 5.74) is 2.53. The van der Waals surface area contributed by atoms with Gasteiger partial charge in [-0.25, -0.2) is 0 Å². The monoisotopic (exact) mass is 218 g/mol. The molecule has 2 heteroatoms. The lowest BCUT2D eigenvalue weighted by Crippen LogP contribution is -1.55. The standard InChI is InChI=1S/C14H3OP/c15-13-11-9-7-5-3-1-2-4-6-8-10-12-14-16/h15H,16H2. The van der Waals surface area contributed by atoms with E-state index in [1.54, 1.807) is 6.11 Å². The molecule has 0 amide bonds. The smallest absolute Gasteiger partial charge is 0.122 e. The first-order chi connectivity index (χ1) is 7.91. The quantitative estimate of drug-likeness (QED) is 0.454. The fourth-order valence-corrected chi connectivity index (χ4v) is 0.449. The van der Waals surface area contributed by atoms with Gasteiger partial charge in [0.2, 0.25) is 0 Å². The van der Waals surface area contributed by atoms with Crippen LogP contribution in [-0.2, 0) is 0 Å². The largest absolute Gasteiger partial charge is 0.461 e. The van der Waals surface area contributed by atoms with Gasteiger partial charge in [-0.05, 0) is 35.5 Å². The lowest BCUT2D eigenvalue weighted by molar-refractivity contribution is 0.517. The number of hydrogen-bond donors (Lipinski definition) is 1. The second-order valence-corrected chi connectivity index (χ2v) is 2.04. The van der Waals surface area contributed by atoms with E-state index in [4.69, 9.17) is 5.11 Å². The summed E-state index contributed by atoms with van der Waals surface area (Å²) in [4.78, 5) is 0. The molecule has 0 aliphatic rings. The Balaban J connectivity index is 4.23.